The van der Waals surface area contributed by atoms with Gasteiger partial charge in [-0.2, -0.15) is 4.98 Å². The van der Waals surface area contributed by atoms with Gasteiger partial charge in [-0.3, -0.25) is 4.72 Å². The van der Waals surface area contributed by atoms with Gasteiger partial charge in [0.1, 0.15) is 17.5 Å². The van der Waals surface area contributed by atoms with Crippen LogP contribution in [0.5, 0.6) is 0 Å². The smallest absolute Gasteiger partial charge is 0.262 e. The molecule has 1 heterocycles. The summed E-state index contributed by atoms with van der Waals surface area (Å²) < 4.78 is 54.0. The van der Waals surface area contributed by atoms with E-state index in [0.29, 0.717) is 23.5 Å². The molecule has 0 aliphatic rings. The lowest BCUT2D eigenvalue weighted by molar-refractivity contribution is 0.568. The van der Waals surface area contributed by atoms with Crippen molar-refractivity contribution in [1.29, 1.82) is 0 Å². The number of aromatic nitrogens is 2. The normalized spacial score (nSPS) is 11.2. The first-order chi connectivity index (χ1) is 16.2. The summed E-state index contributed by atoms with van der Waals surface area (Å²) >= 11 is 0. The lowest BCUT2D eigenvalue weighted by Crippen LogP contribution is -2.13. The van der Waals surface area contributed by atoms with Crippen molar-refractivity contribution >= 4 is 38.9 Å². The topological polar surface area (TPSA) is 96.0 Å². The van der Waals surface area contributed by atoms with Crippen LogP contribution in [0.1, 0.15) is 11.3 Å². The highest BCUT2D eigenvalue weighted by molar-refractivity contribution is 7.92. The highest BCUT2D eigenvalue weighted by Gasteiger charge is 2.17. The summed E-state index contributed by atoms with van der Waals surface area (Å²) in [5.74, 6) is -0.979. The third kappa shape index (κ3) is 5.84. The first-order valence-electron chi connectivity index (χ1n) is 10.2. The Morgan fingerprint density at radius 2 is 1.26 bits per heavy atom. The van der Waals surface area contributed by atoms with Gasteiger partial charge in [-0.15, -0.1) is 0 Å². The highest BCUT2D eigenvalue weighted by Crippen LogP contribution is 2.23. The summed E-state index contributed by atoms with van der Waals surface area (Å²) in [6.07, 6.45) is 0. The summed E-state index contributed by atoms with van der Waals surface area (Å²) in [6.45, 7) is 3.86. The molecule has 0 saturated carbocycles. The van der Waals surface area contributed by atoms with E-state index in [4.69, 9.17) is 0 Å². The molecule has 3 N–H and O–H groups in total. The number of hydrogen-bond acceptors (Lipinski definition) is 6. The molecular formula is C24H21F2N5O2S. The largest absolute Gasteiger partial charge is 0.340 e. The molecule has 174 valence electrons. The Morgan fingerprint density at radius 1 is 0.706 bits per heavy atom. The zero-order chi connectivity index (χ0) is 24.3. The van der Waals surface area contributed by atoms with Gasteiger partial charge in [-0.1, -0.05) is 17.7 Å². The minimum Gasteiger partial charge on any atom is -0.340 e. The lowest BCUT2D eigenvalue weighted by Gasteiger charge is -2.11. The zero-order valence-corrected chi connectivity index (χ0v) is 19.1. The molecule has 0 spiro atoms. The predicted octanol–water partition coefficient (Wildman–Crippen LogP) is 5.66. The summed E-state index contributed by atoms with van der Waals surface area (Å²) in [5.41, 5.74) is 3.64. The van der Waals surface area contributed by atoms with Crippen LogP contribution >= 0.6 is 0 Å². The number of rotatable bonds is 7. The second-order valence-corrected chi connectivity index (χ2v) is 9.30. The average molecular weight is 482 g/mol. The van der Waals surface area contributed by atoms with Crippen LogP contribution in [-0.4, -0.2) is 18.4 Å². The van der Waals surface area contributed by atoms with Crippen LogP contribution in [0.25, 0.3) is 0 Å². The van der Waals surface area contributed by atoms with Gasteiger partial charge in [0.25, 0.3) is 10.0 Å². The van der Waals surface area contributed by atoms with Crippen LogP contribution in [0.2, 0.25) is 0 Å². The maximum Gasteiger partial charge on any atom is 0.262 e. The van der Waals surface area contributed by atoms with Gasteiger partial charge >= 0.3 is 0 Å². The molecule has 0 radical (unpaired) electrons. The zero-order valence-electron chi connectivity index (χ0n) is 18.3. The predicted molar refractivity (Wildman–Crippen MR) is 128 cm³/mol. The summed E-state index contributed by atoms with van der Waals surface area (Å²) in [5, 5.41) is 6.31. The molecule has 10 heteroatoms. The molecule has 4 aromatic rings. The van der Waals surface area contributed by atoms with Crippen LogP contribution in [0.3, 0.4) is 0 Å². The molecule has 1 aromatic heterocycles. The molecular weight excluding hydrogens is 460 g/mol. The molecule has 34 heavy (non-hydrogen) atoms. The highest BCUT2D eigenvalue weighted by atomic mass is 32.2. The molecule has 0 aliphatic heterocycles. The fourth-order valence-electron chi connectivity index (χ4n) is 3.12. The monoisotopic (exact) mass is 481 g/mol. The lowest BCUT2D eigenvalue weighted by atomic mass is 10.2. The van der Waals surface area contributed by atoms with E-state index in [2.05, 4.69) is 25.3 Å². The Labute approximate surface area is 196 Å². The van der Waals surface area contributed by atoms with Crippen LogP contribution in [0.15, 0.2) is 77.7 Å². The molecule has 0 unspecified atom stereocenters. The van der Waals surface area contributed by atoms with Crippen LogP contribution in [-0.2, 0) is 10.0 Å². The second-order valence-electron chi connectivity index (χ2n) is 7.62. The third-order valence-corrected chi connectivity index (χ3v) is 6.08. The first kappa shape index (κ1) is 23.1. The van der Waals surface area contributed by atoms with Gasteiger partial charge in [0.05, 0.1) is 4.90 Å². The fraction of sp³-hybridized carbons (Fsp3) is 0.0833. The van der Waals surface area contributed by atoms with Crippen molar-refractivity contribution in [3.63, 3.8) is 0 Å². The quantitative estimate of drug-likeness (QED) is 0.315. The van der Waals surface area contributed by atoms with Crippen molar-refractivity contribution < 1.29 is 17.2 Å². The number of benzene rings is 3. The minimum absolute atomic E-state index is 0.224. The molecule has 0 fully saturated rings. The van der Waals surface area contributed by atoms with Gasteiger partial charge in [0, 0.05) is 34.9 Å². The number of nitrogens with zero attached hydrogens (tertiary/aromatic N) is 2. The minimum atomic E-state index is -4.16. The van der Waals surface area contributed by atoms with Crippen molar-refractivity contribution in [3.8, 4) is 0 Å². The first-order valence-corrected chi connectivity index (χ1v) is 11.7. The number of hydrogen-bond donors (Lipinski definition) is 3. The van der Waals surface area contributed by atoms with Crippen molar-refractivity contribution in [2.45, 2.75) is 18.7 Å². The average Bonchev–Trinajstić information content (AvgIpc) is 2.75. The number of aryl methyl sites for hydroxylation is 2. The maximum atomic E-state index is 13.4. The Kier molecular flexibility index (Phi) is 6.42. The van der Waals surface area contributed by atoms with Crippen molar-refractivity contribution in [1.82, 2.24) is 9.97 Å². The van der Waals surface area contributed by atoms with E-state index in [1.54, 1.807) is 12.1 Å². The summed E-state index contributed by atoms with van der Waals surface area (Å²) in [4.78, 5) is 8.34. The standard InChI is InChI=1S/C24H21F2N5O2S/c1-15-3-5-19(6-4-15)28-23-11-16(2)27-24(30-23)29-20-7-9-21(10-8-20)31-34(32,33)22-13-17(25)12-18(26)14-22/h3-14,31H,1-2H3,(H2,27,28,29,30). The van der Waals surface area contributed by atoms with E-state index >= 15 is 0 Å². The molecule has 4 rings (SSSR count). The van der Waals surface area contributed by atoms with Crippen LogP contribution in [0, 0.1) is 25.5 Å². The van der Waals surface area contributed by atoms with E-state index in [-0.39, 0.29) is 5.69 Å². The van der Waals surface area contributed by atoms with Gasteiger partial charge in [0.2, 0.25) is 5.95 Å². The van der Waals surface area contributed by atoms with Crippen LogP contribution in [0.4, 0.5) is 37.6 Å². The maximum absolute atomic E-state index is 13.4. The van der Waals surface area contributed by atoms with Gasteiger partial charge < -0.3 is 10.6 Å². The van der Waals surface area contributed by atoms with E-state index in [9.17, 15) is 17.2 Å². The Bertz CT molecular complexity index is 1410. The molecule has 0 amide bonds. The molecule has 3 aromatic carbocycles. The van der Waals surface area contributed by atoms with Crippen molar-refractivity contribution in [2.24, 2.45) is 0 Å². The van der Waals surface area contributed by atoms with Gasteiger partial charge in [0.15, 0.2) is 0 Å². The Balaban J connectivity index is 1.47. The molecule has 0 bridgehead atoms. The van der Waals surface area contributed by atoms with Crippen molar-refractivity contribution in [2.75, 3.05) is 15.4 Å². The van der Waals surface area contributed by atoms with Crippen molar-refractivity contribution in [3.05, 3.63) is 95.7 Å². The van der Waals surface area contributed by atoms with Gasteiger partial charge in [-0.25, -0.2) is 22.2 Å². The number of sulfonamides is 1. The number of nitrogens with one attached hydrogen (secondary N) is 3. The molecule has 7 nitrogen and oxygen atoms in total. The Hall–Kier alpha value is -4.05. The fourth-order valence-corrected chi connectivity index (χ4v) is 4.22. The summed E-state index contributed by atoms with van der Waals surface area (Å²) in [6, 6.07) is 18.1. The summed E-state index contributed by atoms with van der Waals surface area (Å²) in [7, 11) is -4.16. The van der Waals surface area contributed by atoms with E-state index in [1.807, 2.05) is 44.2 Å². The Morgan fingerprint density at radius 3 is 1.91 bits per heavy atom. The van der Waals surface area contributed by atoms with E-state index in [1.165, 1.54) is 12.1 Å². The van der Waals surface area contributed by atoms with Crippen LogP contribution < -0.4 is 15.4 Å². The van der Waals surface area contributed by atoms with Gasteiger partial charge in [-0.05, 0) is 62.4 Å². The van der Waals surface area contributed by atoms with E-state index < -0.39 is 26.6 Å². The molecule has 0 aliphatic carbocycles. The SMILES string of the molecule is Cc1ccc(Nc2cc(C)nc(Nc3ccc(NS(=O)(=O)c4cc(F)cc(F)c4)cc3)n2)cc1. The van der Waals surface area contributed by atoms with E-state index in [0.717, 1.165) is 29.1 Å². The molecule has 0 saturated heterocycles. The third-order valence-electron chi connectivity index (χ3n) is 4.72. The number of anilines is 5. The number of halogens is 2. The second kappa shape index (κ2) is 9.44. The molecule has 0 atom stereocenters.